The number of aromatic amines is 1. The molecule has 1 aliphatic heterocycles. The van der Waals surface area contributed by atoms with Crippen LogP contribution in [-0.2, 0) is 11.3 Å². The second-order valence-electron chi connectivity index (χ2n) is 5.27. The number of imidazole rings is 1. The van der Waals surface area contributed by atoms with Gasteiger partial charge in [-0.05, 0) is 18.6 Å². The number of hydrogen-bond acceptors (Lipinski definition) is 5. The van der Waals surface area contributed by atoms with Crippen molar-refractivity contribution in [3.63, 3.8) is 0 Å². The van der Waals surface area contributed by atoms with E-state index in [9.17, 15) is 0 Å². The second-order valence-corrected chi connectivity index (χ2v) is 5.27. The highest BCUT2D eigenvalue weighted by Crippen LogP contribution is 2.11. The zero-order chi connectivity index (χ0) is 13.8. The number of hydrogen-bond donors (Lipinski definition) is 2. The lowest BCUT2D eigenvalue weighted by molar-refractivity contribution is 0.0343. The summed E-state index contributed by atoms with van der Waals surface area (Å²) in [7, 11) is 0. The first kappa shape index (κ1) is 13.5. The number of aromatic nitrogens is 3. The van der Waals surface area contributed by atoms with Crippen LogP contribution in [-0.4, -0.2) is 58.7 Å². The third kappa shape index (κ3) is 3.15. The van der Waals surface area contributed by atoms with E-state index in [2.05, 4.69) is 32.1 Å². The van der Waals surface area contributed by atoms with Crippen LogP contribution < -0.4 is 5.32 Å². The average Bonchev–Trinajstić information content (AvgIpc) is 2.95. The molecule has 0 aliphatic carbocycles. The molecule has 6 heteroatoms. The Kier molecular flexibility index (Phi) is 4.25. The van der Waals surface area contributed by atoms with Crippen molar-refractivity contribution in [3.8, 4) is 0 Å². The van der Waals surface area contributed by atoms with Gasteiger partial charge in [-0.3, -0.25) is 4.90 Å². The molecule has 2 N–H and O–H groups in total. The number of rotatable bonds is 5. The molecule has 1 aliphatic rings. The van der Waals surface area contributed by atoms with E-state index in [0.29, 0.717) is 6.04 Å². The number of fused-ring (bicyclic) bond motifs is 1. The summed E-state index contributed by atoms with van der Waals surface area (Å²) in [5.74, 6) is 0. The standard InChI is InChI=1S/C14H21N5O/c1-11(9-19-4-6-20-7-5-19)16-8-12-2-3-15-14-13(12)17-10-18-14/h2-3,10-11,16H,4-9H2,1H3,(H,15,17,18). The van der Waals surface area contributed by atoms with Crippen LogP contribution >= 0.6 is 0 Å². The van der Waals surface area contributed by atoms with Crippen LogP contribution in [0, 0.1) is 0 Å². The van der Waals surface area contributed by atoms with Gasteiger partial charge in [0.2, 0.25) is 0 Å². The molecule has 108 valence electrons. The maximum absolute atomic E-state index is 5.37. The Labute approximate surface area is 118 Å². The van der Waals surface area contributed by atoms with Gasteiger partial charge in [0.1, 0.15) is 0 Å². The molecule has 2 aromatic heterocycles. The topological polar surface area (TPSA) is 66.1 Å². The van der Waals surface area contributed by atoms with Crippen molar-refractivity contribution < 1.29 is 4.74 Å². The van der Waals surface area contributed by atoms with E-state index < -0.39 is 0 Å². The number of morpholine rings is 1. The molecule has 2 aromatic rings. The molecule has 1 saturated heterocycles. The third-order valence-electron chi connectivity index (χ3n) is 3.69. The van der Waals surface area contributed by atoms with Crippen molar-refractivity contribution in [2.45, 2.75) is 19.5 Å². The van der Waals surface area contributed by atoms with Gasteiger partial charge in [-0.2, -0.15) is 0 Å². The predicted octanol–water partition coefficient (Wildman–Crippen LogP) is 0.768. The Morgan fingerprint density at radius 2 is 2.25 bits per heavy atom. The van der Waals surface area contributed by atoms with Crippen molar-refractivity contribution in [2.24, 2.45) is 0 Å². The number of H-pyrrole nitrogens is 1. The normalized spacial score (nSPS) is 18.4. The lowest BCUT2D eigenvalue weighted by Gasteiger charge is -2.29. The van der Waals surface area contributed by atoms with E-state index in [-0.39, 0.29) is 0 Å². The highest BCUT2D eigenvalue weighted by atomic mass is 16.5. The number of ether oxygens (including phenoxy) is 1. The first-order valence-corrected chi connectivity index (χ1v) is 7.13. The Balaban J connectivity index is 1.54. The molecule has 0 spiro atoms. The molecular weight excluding hydrogens is 254 g/mol. The first-order chi connectivity index (χ1) is 9.83. The fraction of sp³-hybridized carbons (Fsp3) is 0.571. The Morgan fingerprint density at radius 1 is 1.40 bits per heavy atom. The minimum absolute atomic E-state index is 0.444. The predicted molar refractivity (Wildman–Crippen MR) is 77.4 cm³/mol. The monoisotopic (exact) mass is 275 g/mol. The van der Waals surface area contributed by atoms with E-state index >= 15 is 0 Å². The molecule has 0 radical (unpaired) electrons. The summed E-state index contributed by atoms with van der Waals surface area (Å²) < 4.78 is 5.37. The Bertz CT molecular complexity index is 549. The lowest BCUT2D eigenvalue weighted by atomic mass is 10.2. The zero-order valence-electron chi connectivity index (χ0n) is 11.8. The molecule has 0 aromatic carbocycles. The van der Waals surface area contributed by atoms with Gasteiger partial charge in [-0.25, -0.2) is 9.97 Å². The van der Waals surface area contributed by atoms with Crippen LogP contribution in [0.3, 0.4) is 0 Å². The molecule has 0 amide bonds. The quantitative estimate of drug-likeness (QED) is 0.843. The van der Waals surface area contributed by atoms with Crippen LogP contribution in [0.2, 0.25) is 0 Å². The summed E-state index contributed by atoms with van der Waals surface area (Å²) in [6.07, 6.45) is 3.51. The van der Waals surface area contributed by atoms with E-state index in [0.717, 1.165) is 50.6 Å². The lowest BCUT2D eigenvalue weighted by Crippen LogP contribution is -2.44. The number of pyridine rings is 1. The maximum atomic E-state index is 5.37. The summed E-state index contributed by atoms with van der Waals surface area (Å²) in [6, 6.07) is 2.48. The number of nitrogens with one attached hydrogen (secondary N) is 2. The van der Waals surface area contributed by atoms with Gasteiger partial charge in [-0.15, -0.1) is 0 Å². The molecule has 0 saturated carbocycles. The fourth-order valence-corrected chi connectivity index (χ4v) is 2.57. The molecule has 20 heavy (non-hydrogen) atoms. The van der Waals surface area contributed by atoms with Crippen molar-refractivity contribution >= 4 is 11.2 Å². The minimum Gasteiger partial charge on any atom is -0.379 e. The van der Waals surface area contributed by atoms with E-state index in [4.69, 9.17) is 4.74 Å². The average molecular weight is 275 g/mol. The highest BCUT2D eigenvalue weighted by Gasteiger charge is 2.13. The van der Waals surface area contributed by atoms with Gasteiger partial charge in [0.05, 0.1) is 25.1 Å². The van der Waals surface area contributed by atoms with Gasteiger partial charge in [0, 0.05) is 38.4 Å². The van der Waals surface area contributed by atoms with Crippen LogP contribution in [0.4, 0.5) is 0 Å². The van der Waals surface area contributed by atoms with E-state index in [1.165, 1.54) is 5.56 Å². The van der Waals surface area contributed by atoms with Gasteiger partial charge in [0.15, 0.2) is 5.65 Å². The molecule has 3 rings (SSSR count). The highest BCUT2D eigenvalue weighted by molar-refractivity contribution is 5.73. The third-order valence-corrected chi connectivity index (χ3v) is 3.69. The zero-order valence-corrected chi connectivity index (χ0v) is 11.8. The van der Waals surface area contributed by atoms with Gasteiger partial charge in [-0.1, -0.05) is 0 Å². The summed E-state index contributed by atoms with van der Waals surface area (Å²) in [4.78, 5) is 14.0. The molecule has 6 nitrogen and oxygen atoms in total. The van der Waals surface area contributed by atoms with Crippen LogP contribution in [0.1, 0.15) is 12.5 Å². The molecule has 0 bridgehead atoms. The maximum Gasteiger partial charge on any atom is 0.177 e. The van der Waals surface area contributed by atoms with Crippen LogP contribution in [0.15, 0.2) is 18.6 Å². The molecular formula is C14H21N5O. The Hall–Kier alpha value is -1.50. The number of nitrogens with zero attached hydrogens (tertiary/aromatic N) is 3. The van der Waals surface area contributed by atoms with Crippen LogP contribution in [0.25, 0.3) is 11.2 Å². The van der Waals surface area contributed by atoms with Crippen molar-refractivity contribution in [3.05, 3.63) is 24.2 Å². The SMILES string of the molecule is CC(CN1CCOCC1)NCc1ccnc2nc[nH]c12. The Morgan fingerprint density at radius 3 is 3.10 bits per heavy atom. The molecule has 1 fully saturated rings. The minimum atomic E-state index is 0.444. The second kappa shape index (κ2) is 6.30. The van der Waals surface area contributed by atoms with Crippen molar-refractivity contribution in [2.75, 3.05) is 32.8 Å². The summed E-state index contributed by atoms with van der Waals surface area (Å²) >= 11 is 0. The van der Waals surface area contributed by atoms with Crippen molar-refractivity contribution in [1.82, 2.24) is 25.2 Å². The largest absolute Gasteiger partial charge is 0.379 e. The van der Waals surface area contributed by atoms with Gasteiger partial charge < -0.3 is 15.0 Å². The van der Waals surface area contributed by atoms with E-state index in [1.54, 1.807) is 6.33 Å². The van der Waals surface area contributed by atoms with Gasteiger partial charge in [0.25, 0.3) is 0 Å². The van der Waals surface area contributed by atoms with Crippen LogP contribution in [0.5, 0.6) is 0 Å². The first-order valence-electron chi connectivity index (χ1n) is 7.13. The molecule has 1 unspecified atom stereocenters. The summed E-state index contributed by atoms with van der Waals surface area (Å²) in [5, 5.41) is 3.57. The smallest absolute Gasteiger partial charge is 0.177 e. The molecule has 1 atom stereocenters. The van der Waals surface area contributed by atoms with Gasteiger partial charge >= 0.3 is 0 Å². The summed E-state index contributed by atoms with van der Waals surface area (Å²) in [5.41, 5.74) is 3.02. The molecule has 3 heterocycles. The summed E-state index contributed by atoms with van der Waals surface area (Å²) in [6.45, 7) is 7.88. The van der Waals surface area contributed by atoms with E-state index in [1.807, 2.05) is 12.3 Å². The van der Waals surface area contributed by atoms with Crippen molar-refractivity contribution in [1.29, 1.82) is 0 Å². The fourth-order valence-electron chi connectivity index (χ4n) is 2.57.